The third-order valence-corrected chi connectivity index (χ3v) is 5.11. The summed E-state index contributed by atoms with van der Waals surface area (Å²) in [5, 5.41) is 2.68. The second kappa shape index (κ2) is 10.2. The first-order chi connectivity index (χ1) is 11.8. The molecule has 0 fully saturated rings. The fourth-order valence-electron chi connectivity index (χ4n) is 2.04. The van der Waals surface area contributed by atoms with Crippen LogP contribution in [0.15, 0.2) is 29.2 Å². The summed E-state index contributed by atoms with van der Waals surface area (Å²) in [4.78, 5) is 13.6. The number of nitrogens with zero attached hydrogens (tertiary/aromatic N) is 1. The fourth-order valence-corrected chi connectivity index (χ4v) is 3.09. The summed E-state index contributed by atoms with van der Waals surface area (Å²) in [6.07, 6.45) is 1.79. The van der Waals surface area contributed by atoms with Gasteiger partial charge in [-0.25, -0.2) is 17.9 Å². The Balaban J connectivity index is 2.42. The van der Waals surface area contributed by atoms with Crippen LogP contribution in [0, 0.1) is 0 Å². The second-order valence-electron chi connectivity index (χ2n) is 6.11. The Labute approximate surface area is 150 Å². The molecule has 0 spiro atoms. The number of amides is 1. The molecule has 142 valence electrons. The van der Waals surface area contributed by atoms with Crippen LogP contribution in [0.1, 0.15) is 33.1 Å². The molecule has 0 radical (unpaired) electrons. The number of hydrogen-bond acceptors (Lipinski definition) is 5. The molecule has 1 aromatic rings. The quantitative estimate of drug-likeness (QED) is 0.617. The lowest BCUT2D eigenvalue weighted by Gasteiger charge is -2.15. The van der Waals surface area contributed by atoms with E-state index in [9.17, 15) is 13.2 Å². The standard InChI is InChI=1S/C17H29N3O4S/c1-5-6-13-24-17(21)19-14(2)11-12-18-25(22,23)16-9-7-15(8-10-16)20(3)4/h7-10,14,18H,5-6,11-13H2,1-4H3,(H,19,21). The number of rotatable bonds is 10. The van der Waals surface area contributed by atoms with E-state index in [4.69, 9.17) is 4.74 Å². The monoisotopic (exact) mass is 371 g/mol. The maximum Gasteiger partial charge on any atom is 0.407 e. The molecule has 0 saturated carbocycles. The molecule has 8 heteroatoms. The van der Waals surface area contributed by atoms with Crippen molar-refractivity contribution < 1.29 is 17.9 Å². The van der Waals surface area contributed by atoms with Crippen molar-refractivity contribution in [3.63, 3.8) is 0 Å². The van der Waals surface area contributed by atoms with Crippen molar-refractivity contribution >= 4 is 21.8 Å². The average molecular weight is 372 g/mol. The molecule has 1 aromatic carbocycles. The molecule has 1 rings (SSSR count). The first-order valence-corrected chi connectivity index (χ1v) is 9.95. The highest BCUT2D eigenvalue weighted by Crippen LogP contribution is 2.15. The highest BCUT2D eigenvalue weighted by Gasteiger charge is 2.15. The van der Waals surface area contributed by atoms with Gasteiger partial charge in [-0.05, 0) is 44.0 Å². The Bertz CT molecular complexity index is 630. The molecule has 0 heterocycles. The first kappa shape index (κ1) is 21.2. The van der Waals surface area contributed by atoms with Crippen LogP contribution in [0.5, 0.6) is 0 Å². The maximum absolute atomic E-state index is 12.3. The summed E-state index contributed by atoms with van der Waals surface area (Å²) >= 11 is 0. The van der Waals surface area contributed by atoms with E-state index in [0.29, 0.717) is 13.0 Å². The van der Waals surface area contributed by atoms with Gasteiger partial charge in [0, 0.05) is 32.4 Å². The molecule has 0 aliphatic rings. The van der Waals surface area contributed by atoms with E-state index in [0.717, 1.165) is 18.5 Å². The van der Waals surface area contributed by atoms with Crippen molar-refractivity contribution in [1.82, 2.24) is 10.0 Å². The van der Waals surface area contributed by atoms with E-state index >= 15 is 0 Å². The van der Waals surface area contributed by atoms with Crippen molar-refractivity contribution in [2.45, 2.75) is 44.0 Å². The van der Waals surface area contributed by atoms with Gasteiger partial charge in [0.15, 0.2) is 0 Å². The highest BCUT2D eigenvalue weighted by molar-refractivity contribution is 7.89. The van der Waals surface area contributed by atoms with E-state index in [1.54, 1.807) is 31.2 Å². The summed E-state index contributed by atoms with van der Waals surface area (Å²) in [7, 11) is 0.228. The number of carbonyl (C=O) groups is 1. The third-order valence-electron chi connectivity index (χ3n) is 3.63. The minimum Gasteiger partial charge on any atom is -0.450 e. The van der Waals surface area contributed by atoms with Gasteiger partial charge in [0.05, 0.1) is 11.5 Å². The Morgan fingerprint density at radius 1 is 1.24 bits per heavy atom. The molecule has 0 saturated heterocycles. The average Bonchev–Trinajstić information content (AvgIpc) is 2.55. The van der Waals surface area contributed by atoms with Gasteiger partial charge in [0.2, 0.25) is 10.0 Å². The van der Waals surface area contributed by atoms with Crippen molar-refractivity contribution in [2.75, 3.05) is 32.1 Å². The predicted molar refractivity (Wildman–Crippen MR) is 99.4 cm³/mol. The number of benzene rings is 1. The van der Waals surface area contributed by atoms with Crippen molar-refractivity contribution in [2.24, 2.45) is 0 Å². The van der Waals surface area contributed by atoms with Crippen LogP contribution in [0.4, 0.5) is 10.5 Å². The van der Waals surface area contributed by atoms with Gasteiger partial charge in [-0.1, -0.05) is 13.3 Å². The Hall–Kier alpha value is -1.80. The van der Waals surface area contributed by atoms with Crippen LogP contribution in [-0.4, -0.2) is 47.8 Å². The predicted octanol–water partition coefficient (Wildman–Crippen LogP) is 2.34. The summed E-state index contributed by atoms with van der Waals surface area (Å²) < 4.78 is 32.1. The SMILES string of the molecule is CCCCOC(=O)NC(C)CCNS(=O)(=O)c1ccc(N(C)C)cc1. The number of hydrogen-bond donors (Lipinski definition) is 2. The molecule has 25 heavy (non-hydrogen) atoms. The van der Waals surface area contributed by atoms with E-state index < -0.39 is 16.1 Å². The van der Waals surface area contributed by atoms with E-state index in [2.05, 4.69) is 10.0 Å². The number of unbranched alkanes of at least 4 members (excludes halogenated alkanes) is 1. The van der Waals surface area contributed by atoms with Crippen LogP contribution in [0.3, 0.4) is 0 Å². The van der Waals surface area contributed by atoms with E-state index in [-0.39, 0.29) is 17.5 Å². The smallest absolute Gasteiger partial charge is 0.407 e. The molecule has 1 atom stereocenters. The molecule has 1 amide bonds. The summed E-state index contributed by atoms with van der Waals surface area (Å²) in [6, 6.07) is 6.47. The minimum absolute atomic E-state index is 0.187. The Morgan fingerprint density at radius 2 is 1.88 bits per heavy atom. The van der Waals surface area contributed by atoms with Crippen LogP contribution in [0.2, 0.25) is 0 Å². The summed E-state index contributed by atoms with van der Waals surface area (Å²) in [5.74, 6) is 0. The Kier molecular flexibility index (Phi) is 8.71. The topological polar surface area (TPSA) is 87.7 Å². The normalized spacial score (nSPS) is 12.5. The van der Waals surface area contributed by atoms with Gasteiger partial charge in [-0.2, -0.15) is 0 Å². The fraction of sp³-hybridized carbons (Fsp3) is 0.588. The van der Waals surface area contributed by atoms with Gasteiger partial charge in [-0.15, -0.1) is 0 Å². The molecule has 2 N–H and O–H groups in total. The second-order valence-corrected chi connectivity index (χ2v) is 7.88. The van der Waals surface area contributed by atoms with E-state index in [1.807, 2.05) is 25.9 Å². The lowest BCUT2D eigenvalue weighted by atomic mass is 10.2. The van der Waals surface area contributed by atoms with Crippen LogP contribution in [0.25, 0.3) is 0 Å². The van der Waals surface area contributed by atoms with Crippen molar-refractivity contribution in [3.05, 3.63) is 24.3 Å². The molecule has 0 aliphatic heterocycles. The largest absolute Gasteiger partial charge is 0.450 e. The molecule has 0 aromatic heterocycles. The third kappa shape index (κ3) is 7.74. The van der Waals surface area contributed by atoms with Gasteiger partial charge in [0.1, 0.15) is 0 Å². The van der Waals surface area contributed by atoms with Gasteiger partial charge in [-0.3, -0.25) is 0 Å². The molecular formula is C17H29N3O4S. The number of alkyl carbamates (subject to hydrolysis) is 1. The zero-order valence-electron chi connectivity index (χ0n) is 15.4. The van der Waals surface area contributed by atoms with Gasteiger partial charge >= 0.3 is 6.09 Å². The van der Waals surface area contributed by atoms with Crippen molar-refractivity contribution in [1.29, 1.82) is 0 Å². The number of nitrogens with one attached hydrogen (secondary N) is 2. The van der Waals surface area contributed by atoms with Crippen LogP contribution in [-0.2, 0) is 14.8 Å². The number of sulfonamides is 1. The Morgan fingerprint density at radius 3 is 2.44 bits per heavy atom. The molecular weight excluding hydrogens is 342 g/mol. The van der Waals surface area contributed by atoms with Crippen LogP contribution < -0.4 is 14.9 Å². The lowest BCUT2D eigenvalue weighted by molar-refractivity contribution is 0.141. The summed E-state index contributed by atoms with van der Waals surface area (Å²) in [6.45, 7) is 4.45. The van der Waals surface area contributed by atoms with Gasteiger partial charge < -0.3 is 15.0 Å². The molecule has 7 nitrogen and oxygen atoms in total. The van der Waals surface area contributed by atoms with E-state index in [1.165, 1.54) is 0 Å². The molecule has 0 bridgehead atoms. The maximum atomic E-state index is 12.3. The lowest BCUT2D eigenvalue weighted by Crippen LogP contribution is -2.36. The van der Waals surface area contributed by atoms with Gasteiger partial charge in [0.25, 0.3) is 0 Å². The zero-order chi connectivity index (χ0) is 18.9. The first-order valence-electron chi connectivity index (χ1n) is 8.46. The zero-order valence-corrected chi connectivity index (χ0v) is 16.2. The van der Waals surface area contributed by atoms with Crippen LogP contribution >= 0.6 is 0 Å². The number of ether oxygens (including phenoxy) is 1. The molecule has 1 unspecified atom stereocenters. The number of carbonyl (C=O) groups excluding carboxylic acids is 1. The number of anilines is 1. The molecule has 0 aliphatic carbocycles. The minimum atomic E-state index is -3.56. The summed E-state index contributed by atoms with van der Waals surface area (Å²) in [5.41, 5.74) is 0.929. The van der Waals surface area contributed by atoms with Crippen molar-refractivity contribution in [3.8, 4) is 0 Å². The highest BCUT2D eigenvalue weighted by atomic mass is 32.2.